The third-order valence-electron chi connectivity index (χ3n) is 2.19. The first-order valence-corrected chi connectivity index (χ1v) is 6.34. The number of benzene rings is 1. The largest absolute Gasteiger partial charge is 0.477 e. The minimum Gasteiger partial charge on any atom is -0.477 e. The fourth-order valence-corrected chi connectivity index (χ4v) is 1.98. The Morgan fingerprint density at radius 1 is 1.45 bits per heavy atom. The highest BCUT2D eigenvalue weighted by Crippen LogP contribution is 2.25. The summed E-state index contributed by atoms with van der Waals surface area (Å²) in [4.78, 5) is 21.8. The number of nitrogens with one attached hydrogen (secondary N) is 1. The lowest BCUT2D eigenvalue weighted by molar-refractivity contribution is -0.385. The van der Waals surface area contributed by atoms with Gasteiger partial charge >= 0.3 is 5.69 Å². The Labute approximate surface area is 117 Å². The number of nitro groups is 1. The number of hydrogen-bond donors (Lipinski definition) is 1. The first-order valence-electron chi connectivity index (χ1n) is 5.52. The Kier molecular flexibility index (Phi) is 4.20. The van der Waals surface area contributed by atoms with Crippen LogP contribution in [-0.4, -0.2) is 27.6 Å². The number of aromatic nitrogens is 2. The molecule has 0 fully saturated rings. The number of nitrogens with zero attached hydrogens (tertiary/aromatic N) is 3. The lowest BCUT2D eigenvalue weighted by Crippen LogP contribution is -2.20. The number of ether oxygens (including phenoxy) is 1. The number of carbonyl (C=O) groups is 1. The van der Waals surface area contributed by atoms with Crippen LogP contribution >= 0.6 is 11.3 Å². The van der Waals surface area contributed by atoms with Gasteiger partial charge in [-0.3, -0.25) is 20.2 Å². The van der Waals surface area contributed by atoms with Crippen molar-refractivity contribution in [3.8, 4) is 5.75 Å². The molecule has 1 aromatic heterocycles. The molecule has 0 aliphatic carbocycles. The van der Waals surface area contributed by atoms with Crippen molar-refractivity contribution in [2.24, 2.45) is 0 Å². The second-order valence-electron chi connectivity index (χ2n) is 3.69. The standard InChI is InChI=1S/C11H10N4O4S/c1-7-13-14-11(20-7)12-10(16)6-19-9-5-3-2-4-8(9)15(17)18/h2-5H,6H2,1H3,(H,12,14,16). The highest BCUT2D eigenvalue weighted by molar-refractivity contribution is 7.15. The molecule has 2 rings (SSSR count). The van der Waals surface area contributed by atoms with Crippen molar-refractivity contribution in [1.29, 1.82) is 0 Å². The zero-order valence-corrected chi connectivity index (χ0v) is 11.2. The molecule has 0 bridgehead atoms. The Bertz CT molecular complexity index is 643. The highest BCUT2D eigenvalue weighted by atomic mass is 32.1. The summed E-state index contributed by atoms with van der Waals surface area (Å²) in [6.45, 7) is 1.42. The van der Waals surface area contributed by atoms with E-state index in [1.54, 1.807) is 13.0 Å². The smallest absolute Gasteiger partial charge is 0.310 e. The van der Waals surface area contributed by atoms with E-state index in [9.17, 15) is 14.9 Å². The molecule has 0 radical (unpaired) electrons. The number of amides is 1. The normalized spacial score (nSPS) is 10.1. The maximum atomic E-state index is 11.6. The van der Waals surface area contributed by atoms with E-state index in [0.717, 1.165) is 5.01 Å². The second-order valence-corrected chi connectivity index (χ2v) is 4.87. The number of anilines is 1. The van der Waals surface area contributed by atoms with E-state index in [1.807, 2.05) is 0 Å². The van der Waals surface area contributed by atoms with E-state index >= 15 is 0 Å². The Balaban J connectivity index is 1.95. The molecule has 0 aliphatic rings. The van der Waals surface area contributed by atoms with Crippen LogP contribution < -0.4 is 10.1 Å². The average molecular weight is 294 g/mol. The summed E-state index contributed by atoms with van der Waals surface area (Å²) in [5.74, 6) is -0.416. The molecular formula is C11H10N4O4S. The molecule has 0 aliphatic heterocycles. The first kappa shape index (κ1) is 13.9. The van der Waals surface area contributed by atoms with Gasteiger partial charge in [0.25, 0.3) is 5.91 Å². The molecule has 0 saturated carbocycles. The van der Waals surface area contributed by atoms with Crippen LogP contribution in [0.2, 0.25) is 0 Å². The van der Waals surface area contributed by atoms with Crippen LogP contribution in [0.4, 0.5) is 10.8 Å². The van der Waals surface area contributed by atoms with Crippen molar-refractivity contribution in [2.45, 2.75) is 6.92 Å². The Morgan fingerprint density at radius 3 is 2.85 bits per heavy atom. The summed E-state index contributed by atoms with van der Waals surface area (Å²) < 4.78 is 5.14. The van der Waals surface area contributed by atoms with Crippen molar-refractivity contribution in [3.05, 3.63) is 39.4 Å². The molecule has 8 nitrogen and oxygen atoms in total. The van der Waals surface area contributed by atoms with Gasteiger partial charge in [0.1, 0.15) is 5.01 Å². The maximum Gasteiger partial charge on any atom is 0.310 e. The van der Waals surface area contributed by atoms with Crippen LogP contribution in [0.5, 0.6) is 5.75 Å². The van der Waals surface area contributed by atoms with Gasteiger partial charge < -0.3 is 4.74 Å². The third-order valence-corrected chi connectivity index (χ3v) is 2.95. The van der Waals surface area contributed by atoms with Crippen LogP contribution in [0.25, 0.3) is 0 Å². The van der Waals surface area contributed by atoms with Crippen molar-refractivity contribution in [2.75, 3.05) is 11.9 Å². The zero-order chi connectivity index (χ0) is 14.5. The summed E-state index contributed by atoms with van der Waals surface area (Å²) >= 11 is 1.23. The number of para-hydroxylation sites is 2. The van der Waals surface area contributed by atoms with Gasteiger partial charge in [-0.15, -0.1) is 10.2 Å². The molecule has 1 amide bonds. The van der Waals surface area contributed by atoms with Gasteiger partial charge in [0.15, 0.2) is 12.4 Å². The van der Waals surface area contributed by atoms with E-state index < -0.39 is 10.8 Å². The van der Waals surface area contributed by atoms with Crippen molar-refractivity contribution in [1.82, 2.24) is 10.2 Å². The predicted molar refractivity (Wildman–Crippen MR) is 71.9 cm³/mol. The summed E-state index contributed by atoms with van der Waals surface area (Å²) in [7, 11) is 0. The van der Waals surface area contributed by atoms with Crippen LogP contribution in [0.1, 0.15) is 5.01 Å². The summed E-state index contributed by atoms with van der Waals surface area (Å²) in [5.41, 5.74) is -0.188. The lowest BCUT2D eigenvalue weighted by atomic mass is 10.3. The fraction of sp³-hybridized carbons (Fsp3) is 0.182. The van der Waals surface area contributed by atoms with Crippen LogP contribution in [-0.2, 0) is 4.79 Å². The van der Waals surface area contributed by atoms with Crippen molar-refractivity contribution < 1.29 is 14.5 Å². The highest BCUT2D eigenvalue weighted by Gasteiger charge is 2.15. The number of hydrogen-bond acceptors (Lipinski definition) is 7. The van der Waals surface area contributed by atoms with E-state index in [1.165, 1.54) is 29.5 Å². The van der Waals surface area contributed by atoms with Crippen molar-refractivity contribution >= 4 is 28.1 Å². The summed E-state index contributed by atoms with van der Waals surface area (Å²) in [6.07, 6.45) is 0. The molecule has 1 N–H and O–H groups in total. The van der Waals surface area contributed by atoms with Gasteiger partial charge in [-0.05, 0) is 13.0 Å². The maximum absolute atomic E-state index is 11.6. The minimum absolute atomic E-state index is 0.0427. The van der Waals surface area contributed by atoms with Gasteiger partial charge in [0.05, 0.1) is 4.92 Å². The molecular weight excluding hydrogens is 284 g/mol. The number of nitro benzene ring substituents is 1. The van der Waals surface area contributed by atoms with Gasteiger partial charge in [-0.2, -0.15) is 0 Å². The molecule has 104 valence electrons. The summed E-state index contributed by atoms with van der Waals surface area (Å²) in [6, 6.07) is 5.85. The number of rotatable bonds is 5. The number of aryl methyl sites for hydroxylation is 1. The average Bonchev–Trinajstić information content (AvgIpc) is 2.82. The van der Waals surface area contributed by atoms with Crippen LogP contribution in [0, 0.1) is 17.0 Å². The molecule has 0 unspecified atom stereocenters. The van der Waals surface area contributed by atoms with Gasteiger partial charge in [0, 0.05) is 6.07 Å². The quantitative estimate of drug-likeness (QED) is 0.665. The molecule has 1 aromatic carbocycles. The third kappa shape index (κ3) is 3.48. The molecule has 20 heavy (non-hydrogen) atoms. The Morgan fingerprint density at radius 2 is 2.20 bits per heavy atom. The van der Waals surface area contributed by atoms with Crippen molar-refractivity contribution in [3.63, 3.8) is 0 Å². The van der Waals surface area contributed by atoms with Crippen LogP contribution in [0.3, 0.4) is 0 Å². The van der Waals surface area contributed by atoms with E-state index in [0.29, 0.717) is 5.13 Å². The molecule has 2 aromatic rings. The van der Waals surface area contributed by atoms with E-state index in [4.69, 9.17) is 4.74 Å². The minimum atomic E-state index is -0.568. The molecule has 9 heteroatoms. The Hall–Kier alpha value is -2.55. The monoisotopic (exact) mass is 294 g/mol. The van der Waals surface area contributed by atoms with Gasteiger partial charge in [-0.1, -0.05) is 23.5 Å². The predicted octanol–water partition coefficient (Wildman–Crippen LogP) is 1.77. The molecule has 0 atom stereocenters. The SMILES string of the molecule is Cc1nnc(NC(=O)COc2ccccc2[N+](=O)[O-])s1. The van der Waals surface area contributed by atoms with Gasteiger partial charge in [0.2, 0.25) is 5.13 Å². The fourth-order valence-electron chi connectivity index (χ4n) is 1.38. The number of carbonyl (C=O) groups excluding carboxylic acids is 1. The zero-order valence-electron chi connectivity index (χ0n) is 10.4. The summed E-state index contributed by atoms with van der Waals surface area (Å²) in [5, 5.41) is 21.8. The molecule has 1 heterocycles. The molecule has 0 spiro atoms. The van der Waals surface area contributed by atoms with E-state index in [2.05, 4.69) is 15.5 Å². The van der Waals surface area contributed by atoms with Crippen LogP contribution in [0.15, 0.2) is 24.3 Å². The lowest BCUT2D eigenvalue weighted by Gasteiger charge is -2.05. The first-order chi connectivity index (χ1) is 9.56. The van der Waals surface area contributed by atoms with E-state index in [-0.39, 0.29) is 18.0 Å². The van der Waals surface area contributed by atoms with Gasteiger partial charge in [-0.25, -0.2) is 0 Å². The topological polar surface area (TPSA) is 107 Å². The molecule has 0 saturated heterocycles. The second kappa shape index (κ2) is 6.06.